The molecule has 2 heterocycles. The van der Waals surface area contributed by atoms with Crippen molar-refractivity contribution >= 4 is 22.0 Å². The number of piperidine rings is 1. The number of hydrogen-bond acceptors (Lipinski definition) is 10. The van der Waals surface area contributed by atoms with Crippen LogP contribution in [0.15, 0.2) is 120 Å². The van der Waals surface area contributed by atoms with Crippen LogP contribution in [0.5, 0.6) is 23.0 Å². The highest BCUT2D eigenvalue weighted by Crippen LogP contribution is 2.50. The van der Waals surface area contributed by atoms with Crippen molar-refractivity contribution in [2.75, 3.05) is 74.3 Å². The highest BCUT2D eigenvalue weighted by molar-refractivity contribution is 7.89. The van der Waals surface area contributed by atoms with Gasteiger partial charge in [0.15, 0.2) is 11.5 Å². The maximum absolute atomic E-state index is 14.7. The number of likely N-dealkylation sites (N-methyl/N-ethyl adjacent to an activating group) is 1. The molecule has 0 aromatic heterocycles. The van der Waals surface area contributed by atoms with Crippen molar-refractivity contribution in [1.82, 2.24) is 19.8 Å². The summed E-state index contributed by atoms with van der Waals surface area (Å²) in [5.74, 6) is 0.866. The first-order valence-electron chi connectivity index (χ1n) is 22.2. The van der Waals surface area contributed by atoms with Crippen molar-refractivity contribution in [2.24, 2.45) is 5.92 Å². The van der Waals surface area contributed by atoms with E-state index in [1.807, 2.05) is 79.7 Å². The summed E-state index contributed by atoms with van der Waals surface area (Å²) in [5.41, 5.74) is 5.64. The minimum absolute atomic E-state index is 0.00985. The highest BCUT2D eigenvalue weighted by Gasteiger charge is 2.44. The van der Waals surface area contributed by atoms with Gasteiger partial charge in [-0.2, -0.15) is 0 Å². The summed E-state index contributed by atoms with van der Waals surface area (Å²) in [7, 11) is 2.83. The Balaban J connectivity index is 1.05. The van der Waals surface area contributed by atoms with Gasteiger partial charge >= 0.3 is 6.09 Å². The van der Waals surface area contributed by atoms with Gasteiger partial charge < -0.3 is 38.8 Å². The SMILES string of the molecule is COCCCCC1(CNC(=O)C2CC(NS(=O)(=O)c3ccc(OCCN(C)C)c(OC)c3)CN(C(=O)OCC3c4ccccc4-c4ccccc43)C2)c2ccccc2Oc2ccccc21. The summed E-state index contributed by atoms with van der Waals surface area (Å²) in [4.78, 5) is 32.3. The minimum atomic E-state index is -4.18. The maximum Gasteiger partial charge on any atom is 0.409 e. The number of para-hydroxylation sites is 2. The first-order valence-corrected chi connectivity index (χ1v) is 23.7. The maximum atomic E-state index is 14.7. The van der Waals surface area contributed by atoms with Crippen LogP contribution in [-0.4, -0.2) is 111 Å². The van der Waals surface area contributed by atoms with Crippen LogP contribution in [0.2, 0.25) is 0 Å². The van der Waals surface area contributed by atoms with Gasteiger partial charge in [0.2, 0.25) is 15.9 Å². The number of rotatable bonds is 18. The molecule has 0 saturated carbocycles. The molecule has 1 saturated heterocycles. The van der Waals surface area contributed by atoms with Crippen molar-refractivity contribution in [3.8, 4) is 34.1 Å². The number of hydrogen-bond donors (Lipinski definition) is 2. The fraction of sp³-hybridized carbons (Fsp3) is 0.373. The zero-order valence-corrected chi connectivity index (χ0v) is 38.3. The van der Waals surface area contributed by atoms with Crippen molar-refractivity contribution in [3.63, 3.8) is 0 Å². The van der Waals surface area contributed by atoms with E-state index in [1.54, 1.807) is 13.2 Å². The Kier molecular flexibility index (Phi) is 14.1. The Morgan fingerprint density at radius 3 is 2.09 bits per heavy atom. The molecule has 2 aliphatic heterocycles. The van der Waals surface area contributed by atoms with E-state index >= 15 is 0 Å². The lowest BCUT2D eigenvalue weighted by molar-refractivity contribution is -0.127. The van der Waals surface area contributed by atoms with E-state index in [9.17, 15) is 18.0 Å². The third-order valence-electron chi connectivity index (χ3n) is 12.8. The van der Waals surface area contributed by atoms with E-state index < -0.39 is 33.5 Å². The van der Waals surface area contributed by atoms with Gasteiger partial charge in [-0.15, -0.1) is 0 Å². The molecule has 2 N–H and O–H groups in total. The second-order valence-corrected chi connectivity index (χ2v) is 19.0. The Bertz CT molecular complexity index is 2510. The number of likely N-dealkylation sites (tertiary alicyclic amines) is 1. The van der Waals surface area contributed by atoms with E-state index in [-0.39, 0.29) is 55.1 Å². The molecule has 8 rings (SSSR count). The monoisotopic (exact) mass is 902 g/mol. The molecule has 2 atom stereocenters. The zero-order chi connectivity index (χ0) is 45.6. The van der Waals surface area contributed by atoms with Crippen LogP contribution >= 0.6 is 0 Å². The van der Waals surface area contributed by atoms with Crippen LogP contribution < -0.4 is 24.2 Å². The van der Waals surface area contributed by atoms with Crippen LogP contribution in [0.4, 0.5) is 4.79 Å². The Hall–Kier alpha value is -5.93. The van der Waals surface area contributed by atoms with Crippen LogP contribution in [0.3, 0.4) is 0 Å². The molecule has 65 heavy (non-hydrogen) atoms. The van der Waals surface area contributed by atoms with Gasteiger partial charge in [-0.05, 0) is 86.3 Å². The summed E-state index contributed by atoms with van der Waals surface area (Å²) in [6.07, 6.45) is 1.86. The van der Waals surface area contributed by atoms with Crippen molar-refractivity contribution < 1.29 is 41.7 Å². The number of carbonyl (C=O) groups excluding carboxylic acids is 2. The number of sulfonamides is 1. The number of nitrogens with zero attached hydrogens (tertiary/aromatic N) is 2. The van der Waals surface area contributed by atoms with Gasteiger partial charge in [0.1, 0.15) is 24.7 Å². The number of nitrogens with one attached hydrogen (secondary N) is 2. The molecule has 2 amide bonds. The molecule has 1 aliphatic carbocycles. The number of ether oxygens (including phenoxy) is 5. The fourth-order valence-corrected chi connectivity index (χ4v) is 10.8. The van der Waals surface area contributed by atoms with Gasteiger partial charge in [-0.3, -0.25) is 4.79 Å². The number of amides is 2. The van der Waals surface area contributed by atoms with E-state index in [0.29, 0.717) is 31.9 Å². The summed E-state index contributed by atoms with van der Waals surface area (Å²) in [5, 5.41) is 3.29. The van der Waals surface area contributed by atoms with Gasteiger partial charge in [0, 0.05) is 74.5 Å². The summed E-state index contributed by atoms with van der Waals surface area (Å²) in [6, 6.07) is 35.6. The largest absolute Gasteiger partial charge is 0.493 e. The Labute approximate surface area is 382 Å². The molecule has 13 nitrogen and oxygen atoms in total. The first-order chi connectivity index (χ1) is 31.5. The third-order valence-corrected chi connectivity index (χ3v) is 14.3. The lowest BCUT2D eigenvalue weighted by Crippen LogP contribution is -2.56. The van der Waals surface area contributed by atoms with E-state index in [1.165, 1.54) is 24.1 Å². The smallest absolute Gasteiger partial charge is 0.409 e. The molecule has 342 valence electrons. The lowest BCUT2D eigenvalue weighted by atomic mass is 9.69. The van der Waals surface area contributed by atoms with Crippen LogP contribution in [0.25, 0.3) is 11.1 Å². The number of fused-ring (bicyclic) bond motifs is 5. The summed E-state index contributed by atoms with van der Waals surface area (Å²) in [6.45, 7) is 1.99. The summed E-state index contributed by atoms with van der Waals surface area (Å²) < 4.78 is 60.4. The predicted octanol–water partition coefficient (Wildman–Crippen LogP) is 7.58. The van der Waals surface area contributed by atoms with Crippen LogP contribution in [-0.2, 0) is 29.7 Å². The molecule has 5 aromatic rings. The highest BCUT2D eigenvalue weighted by atomic mass is 32.2. The molecule has 5 aromatic carbocycles. The molecule has 2 unspecified atom stereocenters. The predicted molar refractivity (Wildman–Crippen MR) is 248 cm³/mol. The standard InChI is InChI=1S/C51H58N4O9S/c1-54(2)26-28-62-47-24-23-37(30-48(47)61-4)65(58,59)53-36-29-35(31-55(32-36)50(57)63-33-42-40-17-7-5-15-38(40)39-16-6-8-18-41(39)42)49(56)52-34-51(25-13-14-27-60-3)43-19-9-11-21-45(43)64-46-22-12-10-20-44(46)51/h5-12,15-24,30,35-36,42,53H,13-14,25-29,31-34H2,1-4H3,(H,52,56). The first kappa shape index (κ1) is 45.6. The lowest BCUT2D eigenvalue weighted by Gasteiger charge is -2.41. The Morgan fingerprint density at radius 1 is 0.800 bits per heavy atom. The normalized spacial score (nSPS) is 17.3. The van der Waals surface area contributed by atoms with E-state index in [0.717, 1.165) is 57.7 Å². The van der Waals surface area contributed by atoms with Crippen LogP contribution in [0.1, 0.15) is 53.9 Å². The average Bonchev–Trinajstić information content (AvgIpc) is 3.64. The number of unbranched alkanes of at least 4 members (excludes halogenated alkanes) is 1. The van der Waals surface area contributed by atoms with Crippen LogP contribution in [0, 0.1) is 5.92 Å². The molecule has 3 aliphatic rings. The molecular weight excluding hydrogens is 845 g/mol. The second kappa shape index (κ2) is 20.1. The zero-order valence-electron chi connectivity index (χ0n) is 37.5. The van der Waals surface area contributed by atoms with Crippen molar-refractivity contribution in [1.29, 1.82) is 0 Å². The summed E-state index contributed by atoms with van der Waals surface area (Å²) >= 11 is 0. The van der Waals surface area contributed by atoms with Gasteiger partial charge in [0.05, 0.1) is 17.9 Å². The quantitative estimate of drug-likeness (QED) is 0.0845. The molecular formula is C51H58N4O9S. The molecule has 0 bridgehead atoms. The molecule has 0 spiro atoms. The third kappa shape index (κ3) is 9.86. The minimum Gasteiger partial charge on any atom is -0.493 e. The van der Waals surface area contributed by atoms with Gasteiger partial charge in [-0.1, -0.05) is 84.9 Å². The van der Waals surface area contributed by atoms with Crippen molar-refractivity contribution in [3.05, 3.63) is 138 Å². The molecule has 1 fully saturated rings. The van der Waals surface area contributed by atoms with Crippen molar-refractivity contribution in [2.45, 2.75) is 48.0 Å². The topological polar surface area (TPSA) is 145 Å². The second-order valence-electron chi connectivity index (χ2n) is 17.3. The number of benzene rings is 5. The van der Waals surface area contributed by atoms with E-state index in [2.05, 4.69) is 46.4 Å². The van der Waals surface area contributed by atoms with Gasteiger partial charge in [-0.25, -0.2) is 17.9 Å². The van der Waals surface area contributed by atoms with Gasteiger partial charge in [0.25, 0.3) is 0 Å². The number of methoxy groups -OCH3 is 2. The number of carbonyl (C=O) groups is 2. The Morgan fingerprint density at radius 2 is 1.45 bits per heavy atom. The average molecular weight is 903 g/mol. The van der Waals surface area contributed by atoms with E-state index in [4.69, 9.17) is 23.7 Å². The fourth-order valence-electron chi connectivity index (χ4n) is 9.54. The molecule has 0 radical (unpaired) electrons. The molecule has 14 heteroatoms.